The average molecular weight is 451 g/mol. The number of carbonyl (C=O) groups excluding carboxylic acids is 1. The van der Waals surface area contributed by atoms with Crippen LogP contribution in [-0.4, -0.2) is 32.7 Å². The zero-order valence-electron chi connectivity index (χ0n) is 17.5. The van der Waals surface area contributed by atoms with E-state index in [4.69, 9.17) is 4.74 Å². The van der Waals surface area contributed by atoms with E-state index >= 15 is 0 Å². The van der Waals surface area contributed by atoms with E-state index in [1.807, 2.05) is 31.2 Å². The first-order valence-electron chi connectivity index (χ1n) is 10.5. The number of rotatable bonds is 5. The zero-order valence-corrected chi connectivity index (χ0v) is 18.4. The maximum absolute atomic E-state index is 13.4. The summed E-state index contributed by atoms with van der Waals surface area (Å²) in [5.74, 6) is -0.343. The summed E-state index contributed by atoms with van der Waals surface area (Å²) in [6.45, 7) is 2.53. The molecule has 164 valence electrons. The number of hydrogen-bond donors (Lipinski definition) is 1. The number of thiophene rings is 1. The lowest BCUT2D eigenvalue weighted by Gasteiger charge is -2.15. The highest BCUT2D eigenvalue weighted by molar-refractivity contribution is 7.25. The predicted octanol–water partition coefficient (Wildman–Crippen LogP) is 2.90. The summed E-state index contributed by atoms with van der Waals surface area (Å²) in [7, 11) is 0. The van der Waals surface area contributed by atoms with Gasteiger partial charge in [0.1, 0.15) is 16.1 Å². The number of nitrogens with zero attached hydrogens (tertiary/aromatic N) is 3. The molecule has 8 nitrogen and oxygen atoms in total. The molecule has 1 atom stereocenters. The van der Waals surface area contributed by atoms with Gasteiger partial charge in [-0.1, -0.05) is 12.1 Å². The van der Waals surface area contributed by atoms with Crippen molar-refractivity contribution in [1.82, 2.24) is 14.1 Å². The van der Waals surface area contributed by atoms with Gasteiger partial charge in [0, 0.05) is 23.9 Å². The minimum Gasteiger partial charge on any atom is -0.376 e. The van der Waals surface area contributed by atoms with E-state index in [1.165, 1.54) is 20.5 Å². The van der Waals surface area contributed by atoms with Crippen LogP contribution in [0.3, 0.4) is 0 Å². The Kier molecular flexibility index (Phi) is 5.36. The first-order valence-corrected chi connectivity index (χ1v) is 11.3. The van der Waals surface area contributed by atoms with Crippen LogP contribution in [0, 0.1) is 6.92 Å². The summed E-state index contributed by atoms with van der Waals surface area (Å²) in [6.07, 6.45) is 3.17. The van der Waals surface area contributed by atoms with Gasteiger partial charge in [-0.05, 0) is 49.6 Å². The fourth-order valence-electron chi connectivity index (χ4n) is 4.15. The Labute approximate surface area is 187 Å². The Morgan fingerprint density at radius 2 is 2.12 bits per heavy atom. The molecule has 4 heterocycles. The van der Waals surface area contributed by atoms with Gasteiger partial charge >= 0.3 is 5.69 Å². The third-order valence-electron chi connectivity index (χ3n) is 5.62. The third kappa shape index (κ3) is 3.74. The molecular formula is C23H22N4O4S. The predicted molar refractivity (Wildman–Crippen MR) is 124 cm³/mol. The van der Waals surface area contributed by atoms with Gasteiger partial charge in [0.2, 0.25) is 5.91 Å². The molecule has 1 aliphatic heterocycles. The smallest absolute Gasteiger partial charge is 0.332 e. The van der Waals surface area contributed by atoms with Gasteiger partial charge in [0.15, 0.2) is 0 Å². The summed E-state index contributed by atoms with van der Waals surface area (Å²) in [4.78, 5) is 44.6. The van der Waals surface area contributed by atoms with E-state index in [0.29, 0.717) is 32.7 Å². The molecule has 1 unspecified atom stereocenters. The van der Waals surface area contributed by atoms with Crippen molar-refractivity contribution in [3.63, 3.8) is 0 Å². The maximum atomic E-state index is 13.4. The number of pyridine rings is 1. The molecule has 3 aromatic heterocycles. The van der Waals surface area contributed by atoms with Crippen molar-refractivity contribution in [3.8, 4) is 0 Å². The Bertz CT molecular complexity index is 1450. The minimum atomic E-state index is -0.513. The number of carbonyl (C=O) groups is 1. The standard InChI is InChI=1S/C23H22N4O4S/c1-14-5-2-6-15(11-14)25-18(28)13-26-19-17-8-3-9-24-21(17)32-20(19)22(29)27(23(26)30)12-16-7-4-10-31-16/h2-3,5-6,8-9,11,16H,4,7,10,12-13H2,1H3,(H,25,28). The van der Waals surface area contributed by atoms with Gasteiger partial charge in [-0.2, -0.15) is 0 Å². The van der Waals surface area contributed by atoms with E-state index in [2.05, 4.69) is 10.3 Å². The summed E-state index contributed by atoms with van der Waals surface area (Å²) >= 11 is 1.24. The highest BCUT2D eigenvalue weighted by Crippen LogP contribution is 2.29. The van der Waals surface area contributed by atoms with Crippen molar-refractivity contribution in [3.05, 3.63) is 69.0 Å². The van der Waals surface area contributed by atoms with Crippen LogP contribution in [0.5, 0.6) is 0 Å². The number of aryl methyl sites for hydroxylation is 1. The normalized spacial score (nSPS) is 16.1. The first kappa shape index (κ1) is 20.6. The monoisotopic (exact) mass is 450 g/mol. The first-order chi connectivity index (χ1) is 15.5. The largest absolute Gasteiger partial charge is 0.376 e. The van der Waals surface area contributed by atoms with Crippen molar-refractivity contribution < 1.29 is 9.53 Å². The number of hydrogen-bond acceptors (Lipinski definition) is 6. The Morgan fingerprint density at radius 3 is 2.91 bits per heavy atom. The Balaban J connectivity index is 1.62. The number of amides is 1. The van der Waals surface area contributed by atoms with Gasteiger partial charge < -0.3 is 10.1 Å². The lowest BCUT2D eigenvalue weighted by Crippen LogP contribution is -2.43. The number of benzene rings is 1. The minimum absolute atomic E-state index is 0.175. The SMILES string of the molecule is Cc1cccc(NC(=O)Cn2c(=O)n(CC3CCCO3)c(=O)c3sc4ncccc4c32)c1. The van der Waals surface area contributed by atoms with Crippen LogP contribution in [0.1, 0.15) is 18.4 Å². The molecule has 0 saturated carbocycles. The lowest BCUT2D eigenvalue weighted by atomic mass is 10.2. The Morgan fingerprint density at radius 1 is 1.25 bits per heavy atom. The van der Waals surface area contributed by atoms with Crippen LogP contribution in [0.15, 0.2) is 52.2 Å². The molecule has 1 fully saturated rings. The second-order valence-electron chi connectivity index (χ2n) is 7.97. The molecule has 32 heavy (non-hydrogen) atoms. The molecule has 9 heteroatoms. The van der Waals surface area contributed by atoms with Gasteiger partial charge in [0.05, 0.1) is 18.2 Å². The second kappa shape index (κ2) is 8.33. The summed E-state index contributed by atoms with van der Waals surface area (Å²) in [5, 5.41) is 3.54. The molecule has 0 aliphatic carbocycles. The lowest BCUT2D eigenvalue weighted by molar-refractivity contribution is -0.116. The topological polar surface area (TPSA) is 95.2 Å². The number of aromatic nitrogens is 3. The summed E-state index contributed by atoms with van der Waals surface area (Å²) in [6, 6.07) is 11.0. The fraction of sp³-hybridized carbons (Fsp3) is 0.304. The number of nitrogens with one attached hydrogen (secondary N) is 1. The van der Waals surface area contributed by atoms with Gasteiger partial charge in [0.25, 0.3) is 5.56 Å². The van der Waals surface area contributed by atoms with Gasteiger partial charge in [-0.25, -0.2) is 9.78 Å². The molecule has 0 spiro atoms. The quantitative estimate of drug-likeness (QED) is 0.505. The number of fused-ring (bicyclic) bond motifs is 3. The summed E-state index contributed by atoms with van der Waals surface area (Å²) < 4.78 is 8.66. The molecule has 4 aromatic rings. The van der Waals surface area contributed by atoms with Crippen LogP contribution in [0.2, 0.25) is 0 Å². The van der Waals surface area contributed by atoms with Crippen molar-refractivity contribution in [2.75, 3.05) is 11.9 Å². The van der Waals surface area contributed by atoms with Crippen molar-refractivity contribution in [2.45, 2.75) is 39.0 Å². The van der Waals surface area contributed by atoms with Crippen LogP contribution < -0.4 is 16.6 Å². The molecule has 0 radical (unpaired) electrons. The van der Waals surface area contributed by atoms with Gasteiger partial charge in [-0.15, -0.1) is 11.3 Å². The highest BCUT2D eigenvalue weighted by atomic mass is 32.1. The molecular weight excluding hydrogens is 428 g/mol. The number of ether oxygens (including phenoxy) is 1. The molecule has 0 bridgehead atoms. The number of anilines is 1. The molecule has 1 aromatic carbocycles. The third-order valence-corrected chi connectivity index (χ3v) is 6.72. The van der Waals surface area contributed by atoms with Crippen molar-refractivity contribution >= 4 is 43.4 Å². The van der Waals surface area contributed by atoms with Crippen molar-refractivity contribution in [1.29, 1.82) is 0 Å². The van der Waals surface area contributed by atoms with Crippen LogP contribution in [-0.2, 0) is 22.6 Å². The van der Waals surface area contributed by atoms with E-state index in [0.717, 1.165) is 18.4 Å². The van der Waals surface area contributed by atoms with E-state index in [1.54, 1.807) is 18.3 Å². The van der Waals surface area contributed by atoms with Gasteiger partial charge in [-0.3, -0.25) is 18.7 Å². The van der Waals surface area contributed by atoms with E-state index in [-0.39, 0.29) is 30.7 Å². The average Bonchev–Trinajstić information content (AvgIpc) is 3.42. The highest BCUT2D eigenvalue weighted by Gasteiger charge is 2.23. The maximum Gasteiger partial charge on any atom is 0.332 e. The molecule has 1 N–H and O–H groups in total. The van der Waals surface area contributed by atoms with E-state index in [9.17, 15) is 14.4 Å². The molecule has 1 amide bonds. The summed E-state index contributed by atoms with van der Waals surface area (Å²) in [5.41, 5.74) is 1.25. The van der Waals surface area contributed by atoms with E-state index < -0.39 is 5.69 Å². The second-order valence-corrected chi connectivity index (χ2v) is 8.97. The van der Waals surface area contributed by atoms with Crippen LogP contribution >= 0.6 is 11.3 Å². The molecule has 1 aliphatic rings. The Hall–Kier alpha value is -3.30. The fourth-order valence-corrected chi connectivity index (χ4v) is 5.25. The van der Waals surface area contributed by atoms with Crippen LogP contribution in [0.25, 0.3) is 20.4 Å². The molecule has 1 saturated heterocycles. The van der Waals surface area contributed by atoms with Crippen LogP contribution in [0.4, 0.5) is 5.69 Å². The zero-order chi connectivity index (χ0) is 22.2. The van der Waals surface area contributed by atoms with Crippen molar-refractivity contribution in [2.24, 2.45) is 0 Å². The molecule has 5 rings (SSSR count).